The fraction of sp³-hybridized carbons (Fsp3) is 0.316. The Balaban J connectivity index is 1.61. The molecule has 1 unspecified atom stereocenters. The van der Waals surface area contributed by atoms with E-state index < -0.39 is 34.3 Å². The van der Waals surface area contributed by atoms with Crippen molar-refractivity contribution < 1.29 is 22.8 Å². The fourth-order valence-electron chi connectivity index (χ4n) is 2.77. The number of rotatable bonds is 5. The molecule has 1 aromatic heterocycles. The Bertz CT molecular complexity index is 887. The van der Waals surface area contributed by atoms with Crippen molar-refractivity contribution in [1.29, 1.82) is 0 Å². The number of hydrogen-bond acceptors (Lipinski definition) is 4. The van der Waals surface area contributed by atoms with Crippen molar-refractivity contribution in [2.45, 2.75) is 30.0 Å². The van der Waals surface area contributed by atoms with Gasteiger partial charge in [-0.25, -0.2) is 18.2 Å². The highest BCUT2D eigenvalue weighted by Gasteiger charge is 2.21. The number of pyridine rings is 1. The Morgan fingerprint density at radius 1 is 1.11 bits per heavy atom. The molecule has 0 bridgehead atoms. The van der Waals surface area contributed by atoms with Gasteiger partial charge in [-0.3, -0.25) is 9.59 Å². The van der Waals surface area contributed by atoms with E-state index in [0.717, 1.165) is 49.8 Å². The van der Waals surface area contributed by atoms with E-state index in [-0.39, 0.29) is 5.91 Å². The first-order valence-electron chi connectivity index (χ1n) is 8.73. The maximum atomic E-state index is 13.7. The molecule has 1 aromatic carbocycles. The normalized spacial score (nSPS) is 14.8. The molecule has 0 spiro atoms. The fourth-order valence-corrected chi connectivity index (χ4v) is 3.56. The summed E-state index contributed by atoms with van der Waals surface area (Å²) >= 11 is 1.10. The van der Waals surface area contributed by atoms with Crippen LogP contribution < -0.4 is 5.32 Å². The number of thioether (sulfide) groups is 1. The van der Waals surface area contributed by atoms with E-state index in [0.29, 0.717) is 10.6 Å². The van der Waals surface area contributed by atoms with Crippen molar-refractivity contribution in [2.24, 2.45) is 0 Å². The number of nitrogens with one attached hydrogen (secondary N) is 1. The molecule has 0 saturated carbocycles. The topological polar surface area (TPSA) is 62.3 Å². The predicted molar refractivity (Wildman–Crippen MR) is 99.6 cm³/mol. The van der Waals surface area contributed by atoms with Gasteiger partial charge in [0.25, 0.3) is 5.91 Å². The Morgan fingerprint density at radius 2 is 1.82 bits per heavy atom. The molecular weight excluding hydrogens is 391 g/mol. The smallest absolute Gasteiger partial charge is 0.255 e. The summed E-state index contributed by atoms with van der Waals surface area (Å²) in [6.45, 7) is 3.06. The Hall–Kier alpha value is -2.55. The van der Waals surface area contributed by atoms with Crippen LogP contribution in [0.5, 0.6) is 0 Å². The number of likely N-dealkylation sites (tertiary alicyclic amines) is 1. The molecule has 9 heteroatoms. The lowest BCUT2D eigenvalue weighted by Gasteiger charge is -2.15. The Kier molecular flexibility index (Phi) is 6.23. The summed E-state index contributed by atoms with van der Waals surface area (Å²) in [4.78, 5) is 30.5. The number of benzene rings is 1. The maximum absolute atomic E-state index is 13.7. The zero-order chi connectivity index (χ0) is 20.3. The lowest BCUT2D eigenvalue weighted by atomic mass is 10.2. The van der Waals surface area contributed by atoms with Crippen LogP contribution in [0.4, 0.5) is 18.9 Å². The van der Waals surface area contributed by atoms with Crippen molar-refractivity contribution in [2.75, 3.05) is 18.4 Å². The quantitative estimate of drug-likeness (QED) is 0.602. The van der Waals surface area contributed by atoms with Gasteiger partial charge >= 0.3 is 0 Å². The van der Waals surface area contributed by atoms with Crippen LogP contribution in [0.15, 0.2) is 35.5 Å². The zero-order valence-corrected chi connectivity index (χ0v) is 15.9. The minimum absolute atomic E-state index is 0.0684. The molecule has 1 aliphatic rings. The SMILES string of the molecule is CC(Sc1ccc(C(=O)N2CCCC2)cn1)C(=O)Nc1ccc(F)c(F)c1F. The standard InChI is InChI=1S/C19H18F3N3O2S/c1-11(18(26)24-14-6-5-13(20)16(21)17(14)22)28-15-7-4-12(10-23-15)19(27)25-8-2-3-9-25/h4-7,10-11H,2-3,8-9H2,1H3,(H,24,26). The number of carbonyl (C=O) groups excluding carboxylic acids is 2. The third-order valence-corrected chi connectivity index (χ3v) is 5.39. The number of anilines is 1. The molecule has 1 saturated heterocycles. The van der Waals surface area contributed by atoms with Gasteiger partial charge in [0.1, 0.15) is 0 Å². The largest absolute Gasteiger partial charge is 0.339 e. The molecule has 148 valence electrons. The molecule has 0 radical (unpaired) electrons. The van der Waals surface area contributed by atoms with Crippen LogP contribution >= 0.6 is 11.8 Å². The highest BCUT2D eigenvalue weighted by Crippen LogP contribution is 2.25. The number of aromatic nitrogens is 1. The third-order valence-electron chi connectivity index (χ3n) is 4.34. The first-order chi connectivity index (χ1) is 13.4. The van der Waals surface area contributed by atoms with Crippen LogP contribution in [0.25, 0.3) is 0 Å². The zero-order valence-electron chi connectivity index (χ0n) is 15.0. The second kappa shape index (κ2) is 8.64. The molecule has 1 fully saturated rings. The van der Waals surface area contributed by atoms with Gasteiger partial charge in [0, 0.05) is 19.3 Å². The van der Waals surface area contributed by atoms with Crippen molar-refractivity contribution >= 4 is 29.3 Å². The number of hydrogen-bond donors (Lipinski definition) is 1. The lowest BCUT2D eigenvalue weighted by Crippen LogP contribution is -2.27. The van der Waals surface area contributed by atoms with Gasteiger partial charge < -0.3 is 10.2 Å². The molecule has 2 heterocycles. The van der Waals surface area contributed by atoms with Crippen molar-refractivity contribution in [3.8, 4) is 0 Å². The molecule has 5 nitrogen and oxygen atoms in total. The number of halogens is 3. The second-order valence-corrected chi connectivity index (χ2v) is 7.72. The van der Waals surface area contributed by atoms with Crippen LogP contribution in [0.3, 0.4) is 0 Å². The van der Waals surface area contributed by atoms with E-state index in [2.05, 4.69) is 10.3 Å². The van der Waals surface area contributed by atoms with E-state index in [1.165, 1.54) is 6.20 Å². The van der Waals surface area contributed by atoms with Gasteiger partial charge in [-0.15, -0.1) is 0 Å². The summed E-state index contributed by atoms with van der Waals surface area (Å²) in [5.41, 5.74) is 0.0445. The molecule has 2 aromatic rings. The highest BCUT2D eigenvalue weighted by atomic mass is 32.2. The first-order valence-corrected chi connectivity index (χ1v) is 9.61. The minimum atomic E-state index is -1.64. The molecule has 3 rings (SSSR count). The van der Waals surface area contributed by atoms with E-state index >= 15 is 0 Å². The van der Waals surface area contributed by atoms with Crippen LogP contribution in [0.2, 0.25) is 0 Å². The molecule has 1 N–H and O–H groups in total. The molecule has 28 heavy (non-hydrogen) atoms. The summed E-state index contributed by atoms with van der Waals surface area (Å²) in [5.74, 6) is -5.08. The lowest BCUT2D eigenvalue weighted by molar-refractivity contribution is -0.115. The summed E-state index contributed by atoms with van der Waals surface area (Å²) in [6.07, 6.45) is 3.46. The van der Waals surface area contributed by atoms with Crippen LogP contribution in [-0.4, -0.2) is 40.0 Å². The Labute approximate surface area is 164 Å². The number of carbonyl (C=O) groups is 2. The molecule has 1 atom stereocenters. The molecule has 0 aliphatic carbocycles. The van der Waals surface area contributed by atoms with E-state index in [1.54, 1.807) is 24.0 Å². The monoisotopic (exact) mass is 409 g/mol. The summed E-state index contributed by atoms with van der Waals surface area (Å²) in [5, 5.41) is 2.06. The maximum Gasteiger partial charge on any atom is 0.255 e. The van der Waals surface area contributed by atoms with E-state index in [1.807, 2.05) is 0 Å². The molecule has 2 amide bonds. The average Bonchev–Trinajstić information content (AvgIpc) is 3.23. The van der Waals surface area contributed by atoms with Gasteiger partial charge in [-0.1, -0.05) is 11.8 Å². The van der Waals surface area contributed by atoms with E-state index in [9.17, 15) is 22.8 Å². The predicted octanol–water partition coefficient (Wildman–Crippen LogP) is 3.85. The van der Waals surface area contributed by atoms with E-state index in [4.69, 9.17) is 0 Å². The average molecular weight is 409 g/mol. The van der Waals surface area contributed by atoms with Gasteiger partial charge in [0.15, 0.2) is 17.5 Å². The van der Waals surface area contributed by atoms with Crippen LogP contribution in [0, 0.1) is 17.5 Å². The Morgan fingerprint density at radius 3 is 2.46 bits per heavy atom. The van der Waals surface area contributed by atoms with Crippen molar-refractivity contribution in [3.05, 3.63) is 53.5 Å². The summed E-state index contributed by atoms with van der Waals surface area (Å²) in [6, 6.07) is 4.98. The van der Waals surface area contributed by atoms with Crippen LogP contribution in [-0.2, 0) is 4.79 Å². The molecular formula is C19H18F3N3O2S. The second-order valence-electron chi connectivity index (χ2n) is 6.36. The summed E-state index contributed by atoms with van der Waals surface area (Å²) < 4.78 is 39.9. The van der Waals surface area contributed by atoms with Crippen molar-refractivity contribution in [1.82, 2.24) is 9.88 Å². The summed E-state index contributed by atoms with van der Waals surface area (Å²) in [7, 11) is 0. The number of nitrogens with zero attached hydrogens (tertiary/aromatic N) is 2. The number of amides is 2. The highest BCUT2D eigenvalue weighted by molar-refractivity contribution is 8.00. The first kappa shape index (κ1) is 20.2. The molecule has 1 aliphatic heterocycles. The van der Waals surface area contributed by atoms with Crippen LogP contribution in [0.1, 0.15) is 30.1 Å². The third kappa shape index (κ3) is 4.46. The van der Waals surface area contributed by atoms with Gasteiger partial charge in [-0.05, 0) is 44.0 Å². The van der Waals surface area contributed by atoms with Crippen molar-refractivity contribution in [3.63, 3.8) is 0 Å². The van der Waals surface area contributed by atoms with Gasteiger partial charge in [-0.2, -0.15) is 0 Å². The van der Waals surface area contributed by atoms with Gasteiger partial charge in [0.2, 0.25) is 5.91 Å². The van der Waals surface area contributed by atoms with Gasteiger partial charge in [0.05, 0.1) is 21.5 Å². The minimum Gasteiger partial charge on any atom is -0.339 e.